The molecule has 0 fully saturated rings. The summed E-state index contributed by atoms with van der Waals surface area (Å²) < 4.78 is 0.815. The molecule has 0 aliphatic rings. The second-order valence-electron chi connectivity index (χ2n) is 7.10. The summed E-state index contributed by atoms with van der Waals surface area (Å²) in [4.78, 5) is 37.2. The van der Waals surface area contributed by atoms with Crippen molar-refractivity contribution in [3.05, 3.63) is 105 Å². The number of nitrogens with one attached hydrogen (secondary N) is 3. The summed E-state index contributed by atoms with van der Waals surface area (Å²) in [7, 11) is 0. The number of hydrogen-bond donors (Lipinski definition) is 3. The van der Waals surface area contributed by atoms with Crippen molar-refractivity contribution in [2.24, 2.45) is 0 Å². The molecule has 1 aromatic heterocycles. The lowest BCUT2D eigenvalue weighted by Gasteiger charge is -2.07. The van der Waals surface area contributed by atoms with Crippen LogP contribution in [0.1, 0.15) is 25.6 Å². The number of rotatable bonds is 5. The number of carbonyl (C=O) groups is 3. The predicted octanol–water partition coefficient (Wildman–Crippen LogP) is 5.93. The topological polar surface area (TPSA) is 87.3 Å². The summed E-state index contributed by atoms with van der Waals surface area (Å²) in [5, 5.41) is 4.45. The second kappa shape index (κ2) is 10.5. The van der Waals surface area contributed by atoms with Crippen LogP contribution in [0.2, 0.25) is 10.0 Å². The van der Waals surface area contributed by atoms with E-state index in [4.69, 9.17) is 23.2 Å². The average molecular weight is 510 g/mol. The summed E-state index contributed by atoms with van der Waals surface area (Å²) in [6, 6.07) is 20.8. The van der Waals surface area contributed by atoms with E-state index >= 15 is 0 Å². The van der Waals surface area contributed by atoms with Gasteiger partial charge in [0.2, 0.25) is 0 Å². The number of anilines is 1. The van der Waals surface area contributed by atoms with E-state index in [1.54, 1.807) is 36.4 Å². The van der Waals surface area contributed by atoms with Crippen LogP contribution in [0.4, 0.5) is 5.69 Å². The molecule has 3 amide bonds. The summed E-state index contributed by atoms with van der Waals surface area (Å²) >= 11 is 13.6. The van der Waals surface area contributed by atoms with E-state index in [0.29, 0.717) is 26.2 Å². The first-order chi connectivity index (χ1) is 16.4. The third-order valence-corrected chi connectivity index (χ3v) is 6.62. The van der Waals surface area contributed by atoms with Gasteiger partial charge in [-0.2, -0.15) is 0 Å². The number of amides is 3. The maximum Gasteiger partial charge on any atom is 0.269 e. The molecular weight excluding hydrogens is 493 g/mol. The summed E-state index contributed by atoms with van der Waals surface area (Å²) in [6.45, 7) is 0. The first-order valence-corrected chi connectivity index (χ1v) is 11.6. The van der Waals surface area contributed by atoms with Crippen LogP contribution in [0.3, 0.4) is 0 Å². The van der Waals surface area contributed by atoms with Crippen molar-refractivity contribution in [2.45, 2.75) is 0 Å². The average Bonchev–Trinajstić information content (AvgIpc) is 3.17. The lowest BCUT2D eigenvalue weighted by molar-refractivity contribution is -0.117. The van der Waals surface area contributed by atoms with Gasteiger partial charge >= 0.3 is 0 Å². The number of fused-ring (bicyclic) bond motifs is 1. The maximum absolute atomic E-state index is 12.7. The van der Waals surface area contributed by atoms with Crippen LogP contribution in [0, 0.1) is 0 Å². The quantitative estimate of drug-likeness (QED) is 0.230. The molecule has 0 saturated heterocycles. The van der Waals surface area contributed by atoms with Crippen LogP contribution in [0.15, 0.2) is 78.9 Å². The minimum atomic E-state index is -0.497. The largest absolute Gasteiger partial charge is 0.321 e. The molecule has 3 aromatic carbocycles. The Kier molecular flexibility index (Phi) is 7.27. The zero-order valence-corrected chi connectivity index (χ0v) is 19.8. The van der Waals surface area contributed by atoms with Crippen molar-refractivity contribution < 1.29 is 14.4 Å². The number of hydrogen-bond acceptors (Lipinski definition) is 4. The molecule has 0 bridgehead atoms. The zero-order valence-electron chi connectivity index (χ0n) is 17.5. The first-order valence-electron chi connectivity index (χ1n) is 10.0. The molecule has 0 aliphatic carbocycles. The van der Waals surface area contributed by atoms with Gasteiger partial charge < -0.3 is 5.32 Å². The highest BCUT2D eigenvalue weighted by Crippen LogP contribution is 2.37. The Bertz CT molecular complexity index is 1400. The number of hydrazine groups is 1. The fraction of sp³-hybridized carbons (Fsp3) is 0. The van der Waals surface area contributed by atoms with Crippen molar-refractivity contribution in [1.29, 1.82) is 0 Å². The minimum absolute atomic E-state index is 0.305. The van der Waals surface area contributed by atoms with E-state index < -0.39 is 11.8 Å². The number of thiophene rings is 1. The SMILES string of the molecule is O=C(/C=C/c1ccccc1)NNC(=O)c1ccc(NC(=O)c2sc3cc(Cl)ccc3c2Cl)cc1. The monoisotopic (exact) mass is 509 g/mol. The normalized spacial score (nSPS) is 10.9. The van der Waals surface area contributed by atoms with Crippen molar-refractivity contribution in [1.82, 2.24) is 10.9 Å². The van der Waals surface area contributed by atoms with Crippen molar-refractivity contribution >= 4 is 74.1 Å². The second-order valence-corrected chi connectivity index (χ2v) is 8.97. The highest BCUT2D eigenvalue weighted by Gasteiger charge is 2.18. The van der Waals surface area contributed by atoms with Crippen molar-refractivity contribution in [3.8, 4) is 0 Å². The van der Waals surface area contributed by atoms with Crippen LogP contribution in [-0.4, -0.2) is 17.7 Å². The molecule has 0 unspecified atom stereocenters. The van der Waals surface area contributed by atoms with Gasteiger partial charge in [-0.3, -0.25) is 25.2 Å². The number of halogens is 2. The highest BCUT2D eigenvalue weighted by molar-refractivity contribution is 7.21. The van der Waals surface area contributed by atoms with Crippen LogP contribution in [0.25, 0.3) is 16.2 Å². The summed E-state index contributed by atoms with van der Waals surface area (Å²) in [5.74, 6) is -1.33. The van der Waals surface area contributed by atoms with E-state index in [2.05, 4.69) is 16.2 Å². The minimum Gasteiger partial charge on any atom is -0.321 e. The van der Waals surface area contributed by atoms with E-state index in [1.807, 2.05) is 30.3 Å². The van der Waals surface area contributed by atoms with Gasteiger partial charge in [0.15, 0.2) is 0 Å². The van der Waals surface area contributed by atoms with Crippen molar-refractivity contribution in [2.75, 3.05) is 5.32 Å². The van der Waals surface area contributed by atoms with Gasteiger partial charge in [0.05, 0.1) is 5.02 Å². The number of carbonyl (C=O) groups excluding carboxylic acids is 3. The Hall–Kier alpha value is -3.65. The van der Waals surface area contributed by atoms with E-state index in [9.17, 15) is 14.4 Å². The molecular formula is C25H17Cl2N3O3S. The molecule has 3 N–H and O–H groups in total. The van der Waals surface area contributed by atoms with Gasteiger partial charge in [0.25, 0.3) is 17.7 Å². The molecule has 0 radical (unpaired) electrons. The zero-order chi connectivity index (χ0) is 24.1. The lowest BCUT2D eigenvalue weighted by atomic mass is 10.2. The molecule has 0 spiro atoms. The molecule has 4 aromatic rings. The molecule has 0 aliphatic heterocycles. The lowest BCUT2D eigenvalue weighted by Crippen LogP contribution is -2.40. The van der Waals surface area contributed by atoms with Crippen LogP contribution in [-0.2, 0) is 4.79 Å². The van der Waals surface area contributed by atoms with Crippen LogP contribution >= 0.6 is 34.5 Å². The highest BCUT2D eigenvalue weighted by atomic mass is 35.5. The Balaban J connectivity index is 1.34. The van der Waals surface area contributed by atoms with Gasteiger partial charge in [0, 0.05) is 32.4 Å². The molecule has 1 heterocycles. The molecule has 34 heavy (non-hydrogen) atoms. The summed E-state index contributed by atoms with van der Waals surface area (Å²) in [6.07, 6.45) is 2.96. The molecule has 6 nitrogen and oxygen atoms in total. The van der Waals surface area contributed by atoms with E-state index in [-0.39, 0.29) is 5.91 Å². The van der Waals surface area contributed by atoms with Gasteiger partial charge in [-0.15, -0.1) is 11.3 Å². The third-order valence-electron chi connectivity index (χ3n) is 4.73. The van der Waals surface area contributed by atoms with Crippen LogP contribution in [0.5, 0.6) is 0 Å². The van der Waals surface area contributed by atoms with Crippen molar-refractivity contribution in [3.63, 3.8) is 0 Å². The summed E-state index contributed by atoms with van der Waals surface area (Å²) in [5.41, 5.74) is 6.33. The van der Waals surface area contributed by atoms with Gasteiger partial charge in [-0.25, -0.2) is 0 Å². The molecule has 170 valence electrons. The van der Waals surface area contributed by atoms with Gasteiger partial charge in [-0.05, 0) is 48.0 Å². The van der Waals surface area contributed by atoms with E-state index in [1.165, 1.54) is 29.5 Å². The maximum atomic E-state index is 12.7. The molecule has 0 saturated carbocycles. The molecule has 0 atom stereocenters. The Labute approximate surface area is 209 Å². The van der Waals surface area contributed by atoms with E-state index in [0.717, 1.165) is 15.6 Å². The number of benzene rings is 3. The standard InChI is InChI=1S/C25H17Cl2N3O3S/c26-17-9-12-19-20(14-17)34-23(22(19)27)25(33)28-18-10-7-16(8-11-18)24(32)30-29-21(31)13-6-15-4-2-1-3-5-15/h1-14H,(H,28,33)(H,29,31)(H,30,32)/b13-6+. The predicted molar refractivity (Wildman–Crippen MR) is 137 cm³/mol. The third kappa shape index (κ3) is 5.63. The fourth-order valence-electron chi connectivity index (χ4n) is 3.05. The Morgan fingerprint density at radius 2 is 1.56 bits per heavy atom. The van der Waals surface area contributed by atoms with Gasteiger partial charge in [0.1, 0.15) is 4.88 Å². The first kappa shape index (κ1) is 23.5. The Morgan fingerprint density at radius 1 is 0.824 bits per heavy atom. The molecule has 9 heteroatoms. The van der Waals surface area contributed by atoms with Gasteiger partial charge in [-0.1, -0.05) is 59.6 Å². The smallest absolute Gasteiger partial charge is 0.269 e. The fourth-order valence-corrected chi connectivity index (χ4v) is 4.73. The Morgan fingerprint density at radius 3 is 2.29 bits per heavy atom. The van der Waals surface area contributed by atoms with Crippen LogP contribution < -0.4 is 16.2 Å². The molecule has 4 rings (SSSR count).